The van der Waals surface area contributed by atoms with Gasteiger partial charge in [0.1, 0.15) is 17.9 Å². The first kappa shape index (κ1) is 23.7. The van der Waals surface area contributed by atoms with Gasteiger partial charge in [0.05, 0.1) is 22.2 Å². The number of hydrogen-bond donors (Lipinski definition) is 2. The van der Waals surface area contributed by atoms with Crippen molar-refractivity contribution in [2.24, 2.45) is 0 Å². The van der Waals surface area contributed by atoms with Crippen LogP contribution in [-0.2, 0) is 9.53 Å². The molecular weight excluding hydrogens is 429 g/mol. The van der Waals surface area contributed by atoms with Gasteiger partial charge >= 0.3 is 5.97 Å². The fraction of sp³-hybridized carbons (Fsp3) is 0.273. The molecule has 8 heteroatoms. The van der Waals surface area contributed by atoms with Gasteiger partial charge in [-0.25, -0.2) is 4.79 Å². The molecule has 2 unspecified atom stereocenters. The lowest BCUT2D eigenvalue weighted by molar-refractivity contribution is -0.139. The molecule has 0 aliphatic rings. The summed E-state index contributed by atoms with van der Waals surface area (Å²) >= 11 is 12.0. The first-order chi connectivity index (χ1) is 14.3. The summed E-state index contributed by atoms with van der Waals surface area (Å²) in [5, 5.41) is 12.2. The molecular formula is C22H23Cl2NO5. The van der Waals surface area contributed by atoms with E-state index >= 15 is 0 Å². The highest BCUT2D eigenvalue weighted by molar-refractivity contribution is 6.39. The Kier molecular flexibility index (Phi) is 9.17. The molecule has 2 aromatic carbocycles. The third kappa shape index (κ3) is 7.06. The molecule has 6 nitrogen and oxygen atoms in total. The number of aliphatic carboxylic acids is 1. The molecule has 0 saturated carbocycles. The summed E-state index contributed by atoms with van der Waals surface area (Å²) in [5.74, 6) is -1.09. The summed E-state index contributed by atoms with van der Waals surface area (Å²) in [6.07, 6.45) is 3.47. The predicted molar refractivity (Wildman–Crippen MR) is 117 cm³/mol. The van der Waals surface area contributed by atoms with Gasteiger partial charge in [0.2, 0.25) is 0 Å². The molecule has 0 aliphatic carbocycles. The Balaban J connectivity index is 1.98. The van der Waals surface area contributed by atoms with Crippen LogP contribution < -0.4 is 10.1 Å². The molecule has 0 aliphatic heterocycles. The standard InChI is InChI=1S/C22H23Cl2NO5/c1-14(13-29-2)30-16-11-9-15(10-12-16)5-3-8-19(22(27)28)25-21(26)20-17(23)6-4-7-18(20)24/h3-7,9-12,14,19H,8,13H2,1-2H3,(H,25,26)(H,27,28)/b5-3+. The lowest BCUT2D eigenvalue weighted by Crippen LogP contribution is -2.40. The Labute approximate surface area is 185 Å². The summed E-state index contributed by atoms with van der Waals surface area (Å²) in [5.41, 5.74) is 0.917. The van der Waals surface area contributed by atoms with Crippen LogP contribution in [0.4, 0.5) is 0 Å². The van der Waals surface area contributed by atoms with Gasteiger partial charge in [0.15, 0.2) is 0 Å². The van der Waals surface area contributed by atoms with Crippen LogP contribution >= 0.6 is 23.2 Å². The van der Waals surface area contributed by atoms with Crippen molar-refractivity contribution in [3.8, 4) is 5.75 Å². The first-order valence-corrected chi connectivity index (χ1v) is 9.97. The van der Waals surface area contributed by atoms with Gasteiger partial charge in [-0.1, -0.05) is 53.6 Å². The van der Waals surface area contributed by atoms with E-state index in [1.807, 2.05) is 31.2 Å². The Morgan fingerprint density at radius 1 is 1.13 bits per heavy atom. The van der Waals surface area contributed by atoms with E-state index in [0.717, 1.165) is 5.56 Å². The number of methoxy groups -OCH3 is 1. The molecule has 0 saturated heterocycles. The molecule has 0 radical (unpaired) electrons. The highest BCUT2D eigenvalue weighted by Gasteiger charge is 2.22. The second-order valence-electron chi connectivity index (χ2n) is 6.55. The molecule has 2 atom stereocenters. The smallest absolute Gasteiger partial charge is 0.326 e. The Hall–Kier alpha value is -2.54. The molecule has 0 heterocycles. The van der Waals surface area contributed by atoms with Crippen LogP contribution in [0.2, 0.25) is 10.0 Å². The number of carboxylic acid groups (broad SMARTS) is 1. The van der Waals surface area contributed by atoms with Crippen molar-refractivity contribution < 1.29 is 24.2 Å². The highest BCUT2D eigenvalue weighted by atomic mass is 35.5. The van der Waals surface area contributed by atoms with Gasteiger partial charge < -0.3 is 19.9 Å². The molecule has 2 rings (SSSR count). The van der Waals surface area contributed by atoms with Crippen LogP contribution in [0, 0.1) is 0 Å². The van der Waals surface area contributed by atoms with Crippen LogP contribution in [0.25, 0.3) is 6.08 Å². The Morgan fingerprint density at radius 3 is 2.33 bits per heavy atom. The van der Waals surface area contributed by atoms with Crippen molar-refractivity contribution in [2.45, 2.75) is 25.5 Å². The lowest BCUT2D eigenvalue weighted by Gasteiger charge is -2.14. The Morgan fingerprint density at radius 2 is 1.77 bits per heavy atom. The fourth-order valence-corrected chi connectivity index (χ4v) is 3.23. The normalized spacial score (nSPS) is 13.1. The molecule has 160 valence electrons. The van der Waals surface area contributed by atoms with Crippen molar-refractivity contribution in [1.82, 2.24) is 5.32 Å². The molecule has 2 N–H and O–H groups in total. The molecule has 0 fully saturated rings. The molecule has 30 heavy (non-hydrogen) atoms. The second-order valence-corrected chi connectivity index (χ2v) is 7.37. The summed E-state index contributed by atoms with van der Waals surface area (Å²) in [6, 6.07) is 10.9. The van der Waals surface area contributed by atoms with Crippen molar-refractivity contribution in [2.75, 3.05) is 13.7 Å². The number of amides is 1. The largest absolute Gasteiger partial charge is 0.488 e. The average molecular weight is 452 g/mol. The number of halogens is 2. The van der Waals surface area contributed by atoms with Gasteiger partial charge in [-0.3, -0.25) is 4.79 Å². The van der Waals surface area contributed by atoms with Gasteiger partial charge in [-0.15, -0.1) is 0 Å². The zero-order valence-corrected chi connectivity index (χ0v) is 18.1. The van der Waals surface area contributed by atoms with Crippen molar-refractivity contribution in [3.05, 3.63) is 69.7 Å². The third-order valence-electron chi connectivity index (χ3n) is 4.09. The van der Waals surface area contributed by atoms with Gasteiger partial charge in [0, 0.05) is 7.11 Å². The lowest BCUT2D eigenvalue weighted by atomic mass is 10.1. The minimum atomic E-state index is -1.16. The summed E-state index contributed by atoms with van der Waals surface area (Å²) < 4.78 is 10.7. The molecule has 2 aromatic rings. The molecule has 0 spiro atoms. The number of carbonyl (C=O) groups excluding carboxylic acids is 1. The van der Waals surface area contributed by atoms with E-state index in [1.165, 1.54) is 12.1 Å². The number of rotatable bonds is 10. The maximum atomic E-state index is 12.4. The molecule has 1 amide bonds. The monoisotopic (exact) mass is 451 g/mol. The SMILES string of the molecule is COCC(C)Oc1ccc(/C=C/CC(NC(=O)c2c(Cl)cccc2Cl)C(=O)O)cc1. The average Bonchev–Trinajstić information content (AvgIpc) is 2.68. The summed E-state index contributed by atoms with van der Waals surface area (Å²) in [4.78, 5) is 24.0. The maximum absolute atomic E-state index is 12.4. The number of hydrogen-bond acceptors (Lipinski definition) is 4. The highest BCUT2D eigenvalue weighted by Crippen LogP contribution is 2.24. The Bertz CT molecular complexity index is 879. The topological polar surface area (TPSA) is 84.9 Å². The van der Waals surface area contributed by atoms with E-state index in [1.54, 1.807) is 25.3 Å². The molecule has 0 aromatic heterocycles. The van der Waals surface area contributed by atoms with Crippen LogP contribution in [-0.4, -0.2) is 42.8 Å². The van der Waals surface area contributed by atoms with Crippen LogP contribution in [0.1, 0.15) is 29.3 Å². The van der Waals surface area contributed by atoms with E-state index in [-0.39, 0.29) is 28.1 Å². The number of ether oxygens (including phenoxy) is 2. The molecule has 0 bridgehead atoms. The van der Waals surface area contributed by atoms with E-state index in [4.69, 9.17) is 32.7 Å². The van der Waals surface area contributed by atoms with Crippen molar-refractivity contribution >= 4 is 41.2 Å². The maximum Gasteiger partial charge on any atom is 0.326 e. The minimum absolute atomic E-state index is 0.0503. The summed E-state index contributed by atoms with van der Waals surface area (Å²) in [7, 11) is 1.61. The van der Waals surface area contributed by atoms with Crippen molar-refractivity contribution in [3.63, 3.8) is 0 Å². The number of benzene rings is 2. The van der Waals surface area contributed by atoms with Crippen molar-refractivity contribution in [1.29, 1.82) is 0 Å². The van der Waals surface area contributed by atoms with Gasteiger partial charge in [-0.05, 0) is 43.2 Å². The van der Waals surface area contributed by atoms with Crippen LogP contribution in [0.3, 0.4) is 0 Å². The van der Waals surface area contributed by atoms with Gasteiger partial charge in [0.25, 0.3) is 5.91 Å². The van der Waals surface area contributed by atoms with Gasteiger partial charge in [-0.2, -0.15) is 0 Å². The fourth-order valence-electron chi connectivity index (χ4n) is 2.67. The van der Waals surface area contributed by atoms with E-state index in [9.17, 15) is 14.7 Å². The quantitative estimate of drug-likeness (QED) is 0.546. The van der Waals surface area contributed by atoms with Crippen LogP contribution in [0.15, 0.2) is 48.5 Å². The zero-order valence-electron chi connectivity index (χ0n) is 16.6. The number of carboxylic acids is 1. The predicted octanol–water partition coefficient (Wildman–Crippen LogP) is 4.69. The number of carbonyl (C=O) groups is 2. The van der Waals surface area contributed by atoms with E-state index < -0.39 is 17.9 Å². The van der Waals surface area contributed by atoms with E-state index in [2.05, 4.69) is 5.32 Å². The second kappa shape index (κ2) is 11.6. The zero-order chi connectivity index (χ0) is 22.1. The minimum Gasteiger partial charge on any atom is -0.488 e. The number of nitrogens with one attached hydrogen (secondary N) is 1. The third-order valence-corrected chi connectivity index (χ3v) is 4.72. The summed E-state index contributed by atoms with van der Waals surface area (Å²) in [6.45, 7) is 2.40. The van der Waals surface area contributed by atoms with Crippen LogP contribution in [0.5, 0.6) is 5.75 Å². The van der Waals surface area contributed by atoms with E-state index in [0.29, 0.717) is 12.4 Å². The first-order valence-electron chi connectivity index (χ1n) is 9.21.